The summed E-state index contributed by atoms with van der Waals surface area (Å²) in [5.74, 6) is -0.348. The largest absolute Gasteiger partial charge is 0.243 e. The number of rotatable bonds is 3. The highest BCUT2D eigenvalue weighted by Gasteiger charge is 2.37. The summed E-state index contributed by atoms with van der Waals surface area (Å²) in [7, 11) is -3.63. The van der Waals surface area contributed by atoms with Crippen LogP contribution in [-0.4, -0.2) is 19.3 Å². The first-order valence-corrected chi connectivity index (χ1v) is 9.19. The van der Waals surface area contributed by atoms with Crippen molar-refractivity contribution in [2.45, 2.75) is 37.6 Å². The predicted octanol–water partition coefficient (Wildman–Crippen LogP) is 3.97. The minimum Gasteiger partial charge on any atom is -0.207 e. The van der Waals surface area contributed by atoms with Crippen molar-refractivity contribution in [1.82, 2.24) is 4.31 Å². The third kappa shape index (κ3) is 2.91. The van der Waals surface area contributed by atoms with Gasteiger partial charge in [0.2, 0.25) is 10.0 Å². The van der Waals surface area contributed by atoms with Gasteiger partial charge in [-0.25, -0.2) is 12.8 Å². The number of aryl methyl sites for hydroxylation is 2. The van der Waals surface area contributed by atoms with E-state index in [9.17, 15) is 12.8 Å². The van der Waals surface area contributed by atoms with Crippen LogP contribution in [0.2, 0.25) is 0 Å². The topological polar surface area (TPSA) is 37.4 Å². The van der Waals surface area contributed by atoms with E-state index < -0.39 is 16.1 Å². The second-order valence-electron chi connectivity index (χ2n) is 6.04. The number of halogens is 1. The molecule has 1 atom stereocenters. The molecule has 0 amide bonds. The fourth-order valence-corrected chi connectivity index (χ4v) is 4.85. The summed E-state index contributed by atoms with van der Waals surface area (Å²) in [6, 6.07) is 11.1. The van der Waals surface area contributed by atoms with Crippen LogP contribution in [-0.2, 0) is 10.0 Å². The van der Waals surface area contributed by atoms with Crippen molar-refractivity contribution in [3.05, 3.63) is 65.0 Å². The summed E-state index contributed by atoms with van der Waals surface area (Å²) in [6.45, 7) is 4.27. The van der Waals surface area contributed by atoms with Gasteiger partial charge in [0.1, 0.15) is 5.82 Å². The first-order chi connectivity index (χ1) is 10.9. The zero-order valence-corrected chi connectivity index (χ0v) is 14.1. The average molecular weight is 333 g/mol. The maximum atomic E-state index is 14.1. The zero-order valence-electron chi connectivity index (χ0n) is 13.3. The van der Waals surface area contributed by atoms with Crippen molar-refractivity contribution >= 4 is 10.0 Å². The molecule has 0 unspecified atom stereocenters. The fourth-order valence-electron chi connectivity index (χ4n) is 3.09. The lowest BCUT2D eigenvalue weighted by atomic mass is 10.1. The average Bonchev–Trinajstić information content (AvgIpc) is 3.00. The maximum Gasteiger partial charge on any atom is 0.243 e. The van der Waals surface area contributed by atoms with Gasteiger partial charge >= 0.3 is 0 Å². The Bertz CT molecular complexity index is 833. The van der Waals surface area contributed by atoms with E-state index in [-0.39, 0.29) is 10.7 Å². The molecule has 1 aliphatic rings. The molecular formula is C18H20FNO2S. The predicted molar refractivity (Wildman–Crippen MR) is 88.2 cm³/mol. The number of benzene rings is 2. The van der Waals surface area contributed by atoms with E-state index in [4.69, 9.17) is 0 Å². The van der Waals surface area contributed by atoms with Gasteiger partial charge in [0.05, 0.1) is 10.9 Å². The Labute approximate surface area is 136 Å². The van der Waals surface area contributed by atoms with E-state index in [1.807, 2.05) is 19.9 Å². The molecule has 0 radical (unpaired) electrons. The van der Waals surface area contributed by atoms with Crippen LogP contribution >= 0.6 is 0 Å². The molecule has 5 heteroatoms. The molecule has 0 aliphatic carbocycles. The van der Waals surface area contributed by atoms with Gasteiger partial charge in [0, 0.05) is 12.1 Å². The van der Waals surface area contributed by atoms with Crippen LogP contribution in [0.3, 0.4) is 0 Å². The van der Waals surface area contributed by atoms with Crippen LogP contribution < -0.4 is 0 Å². The zero-order chi connectivity index (χ0) is 16.6. The van der Waals surface area contributed by atoms with Crippen LogP contribution in [0.15, 0.2) is 47.4 Å². The van der Waals surface area contributed by atoms with E-state index in [1.54, 1.807) is 30.3 Å². The van der Waals surface area contributed by atoms with Gasteiger partial charge in [-0.1, -0.05) is 24.3 Å². The lowest BCUT2D eigenvalue weighted by Gasteiger charge is -2.25. The van der Waals surface area contributed by atoms with Gasteiger partial charge in [0.25, 0.3) is 0 Å². The standard InChI is InChI=1S/C18H20FNO2S/c1-13-9-10-15(12-14(13)2)23(21,22)20-11-5-8-18(20)16-6-3-4-7-17(16)19/h3-4,6-7,9-10,12,18H,5,8,11H2,1-2H3/t18-/m1/s1. The Morgan fingerprint density at radius 3 is 2.52 bits per heavy atom. The Morgan fingerprint density at radius 2 is 1.83 bits per heavy atom. The van der Waals surface area contributed by atoms with Crippen molar-refractivity contribution < 1.29 is 12.8 Å². The SMILES string of the molecule is Cc1ccc(S(=O)(=O)N2CCC[C@@H]2c2ccccc2F)cc1C. The minimum absolute atomic E-state index is 0.281. The molecule has 1 heterocycles. The van der Waals surface area contributed by atoms with Gasteiger partial charge in [0.15, 0.2) is 0 Å². The Hall–Kier alpha value is -1.72. The molecule has 0 N–H and O–H groups in total. The minimum atomic E-state index is -3.63. The molecule has 1 fully saturated rings. The van der Waals surface area contributed by atoms with Crippen LogP contribution in [0.4, 0.5) is 4.39 Å². The van der Waals surface area contributed by atoms with Crippen LogP contribution in [0.1, 0.15) is 35.6 Å². The molecular weight excluding hydrogens is 313 g/mol. The van der Waals surface area contributed by atoms with Crippen molar-refractivity contribution in [3.8, 4) is 0 Å². The van der Waals surface area contributed by atoms with Crippen LogP contribution in [0.25, 0.3) is 0 Å². The van der Waals surface area contributed by atoms with E-state index >= 15 is 0 Å². The molecule has 1 saturated heterocycles. The summed E-state index contributed by atoms with van der Waals surface area (Å²) >= 11 is 0. The Morgan fingerprint density at radius 1 is 1.09 bits per heavy atom. The summed E-state index contributed by atoms with van der Waals surface area (Å²) < 4.78 is 41.5. The van der Waals surface area contributed by atoms with Crippen LogP contribution in [0, 0.1) is 19.7 Å². The van der Waals surface area contributed by atoms with Crippen molar-refractivity contribution in [1.29, 1.82) is 0 Å². The summed E-state index contributed by atoms with van der Waals surface area (Å²) in [5.41, 5.74) is 2.45. The second kappa shape index (κ2) is 6.06. The third-order valence-electron chi connectivity index (χ3n) is 4.55. The maximum absolute atomic E-state index is 14.1. The molecule has 2 aromatic rings. The molecule has 3 nitrogen and oxygen atoms in total. The van der Waals surface area contributed by atoms with Crippen molar-refractivity contribution in [2.24, 2.45) is 0 Å². The number of hydrogen-bond acceptors (Lipinski definition) is 2. The molecule has 0 saturated carbocycles. The van der Waals surface area contributed by atoms with E-state index in [1.165, 1.54) is 10.4 Å². The van der Waals surface area contributed by atoms with Crippen LogP contribution in [0.5, 0.6) is 0 Å². The third-order valence-corrected chi connectivity index (χ3v) is 6.46. The number of hydrogen-bond donors (Lipinski definition) is 0. The van der Waals surface area contributed by atoms with Gasteiger partial charge in [-0.15, -0.1) is 0 Å². The van der Waals surface area contributed by atoms with Crippen molar-refractivity contribution in [2.75, 3.05) is 6.54 Å². The van der Waals surface area contributed by atoms with Gasteiger partial charge in [-0.3, -0.25) is 0 Å². The van der Waals surface area contributed by atoms with E-state index in [0.717, 1.165) is 17.5 Å². The number of nitrogens with zero attached hydrogens (tertiary/aromatic N) is 1. The molecule has 3 rings (SSSR count). The van der Waals surface area contributed by atoms with Gasteiger partial charge in [-0.2, -0.15) is 4.31 Å². The summed E-state index contributed by atoms with van der Waals surface area (Å²) in [4.78, 5) is 0.281. The van der Waals surface area contributed by atoms with E-state index in [2.05, 4.69) is 0 Å². The Kier molecular flexibility index (Phi) is 4.25. The highest BCUT2D eigenvalue weighted by atomic mass is 32.2. The number of sulfonamides is 1. The smallest absolute Gasteiger partial charge is 0.207 e. The molecule has 2 aromatic carbocycles. The molecule has 0 aromatic heterocycles. The second-order valence-corrected chi connectivity index (χ2v) is 7.93. The van der Waals surface area contributed by atoms with E-state index in [0.29, 0.717) is 18.5 Å². The molecule has 1 aliphatic heterocycles. The van der Waals surface area contributed by atoms with Gasteiger partial charge in [-0.05, 0) is 56.0 Å². The molecule has 23 heavy (non-hydrogen) atoms. The molecule has 0 bridgehead atoms. The Balaban J connectivity index is 2.01. The summed E-state index contributed by atoms with van der Waals surface area (Å²) in [6.07, 6.45) is 1.38. The normalized spacial score (nSPS) is 19.2. The lowest BCUT2D eigenvalue weighted by Crippen LogP contribution is -2.31. The highest BCUT2D eigenvalue weighted by Crippen LogP contribution is 2.37. The fraction of sp³-hybridized carbons (Fsp3) is 0.333. The molecule has 0 spiro atoms. The summed E-state index contributed by atoms with van der Waals surface area (Å²) in [5, 5.41) is 0. The lowest BCUT2D eigenvalue weighted by molar-refractivity contribution is 0.386. The highest BCUT2D eigenvalue weighted by molar-refractivity contribution is 7.89. The monoisotopic (exact) mass is 333 g/mol. The molecule has 122 valence electrons. The quantitative estimate of drug-likeness (QED) is 0.852. The first-order valence-electron chi connectivity index (χ1n) is 7.75. The van der Waals surface area contributed by atoms with Gasteiger partial charge < -0.3 is 0 Å². The van der Waals surface area contributed by atoms with Crippen molar-refractivity contribution in [3.63, 3.8) is 0 Å². The first kappa shape index (κ1) is 16.1.